The fraction of sp³-hybridized carbons (Fsp3) is 0.667. The lowest BCUT2D eigenvalue weighted by Crippen LogP contribution is -2.35. The molecule has 1 aromatic rings. The summed E-state index contributed by atoms with van der Waals surface area (Å²) in [5.41, 5.74) is 1.23. The Morgan fingerprint density at radius 3 is 2.48 bits per heavy atom. The Bertz CT molecular complexity index is 404. The van der Waals surface area contributed by atoms with E-state index in [1.54, 1.807) is 7.11 Å². The van der Waals surface area contributed by atoms with Crippen molar-refractivity contribution in [1.29, 1.82) is 0 Å². The van der Waals surface area contributed by atoms with Crippen molar-refractivity contribution < 1.29 is 9.84 Å². The van der Waals surface area contributed by atoms with E-state index in [9.17, 15) is 5.11 Å². The van der Waals surface area contributed by atoms with Crippen LogP contribution in [0.4, 0.5) is 0 Å². The summed E-state index contributed by atoms with van der Waals surface area (Å²) in [5.74, 6) is 1.85. The zero-order valence-corrected chi connectivity index (χ0v) is 14.2. The van der Waals surface area contributed by atoms with E-state index in [1.165, 1.54) is 5.56 Å². The third-order valence-electron chi connectivity index (χ3n) is 3.78. The van der Waals surface area contributed by atoms with Gasteiger partial charge in [0.25, 0.3) is 0 Å². The molecule has 0 unspecified atom stereocenters. The zero-order chi connectivity index (χ0) is 15.8. The first-order valence-electron chi connectivity index (χ1n) is 7.95. The number of nitrogens with zero attached hydrogens (tertiary/aromatic N) is 1. The van der Waals surface area contributed by atoms with Gasteiger partial charge < -0.3 is 9.84 Å². The third kappa shape index (κ3) is 6.96. The van der Waals surface area contributed by atoms with Crippen molar-refractivity contribution in [2.24, 2.45) is 11.8 Å². The molecular weight excluding hydrogens is 262 g/mol. The molecule has 0 radical (unpaired) electrons. The van der Waals surface area contributed by atoms with Gasteiger partial charge in [0.2, 0.25) is 0 Å². The lowest BCUT2D eigenvalue weighted by molar-refractivity contribution is 0.0711. The van der Waals surface area contributed by atoms with Crippen molar-refractivity contribution in [3.05, 3.63) is 29.8 Å². The van der Waals surface area contributed by atoms with Crippen molar-refractivity contribution in [2.75, 3.05) is 20.2 Å². The lowest BCUT2D eigenvalue weighted by atomic mass is 10.1. The van der Waals surface area contributed by atoms with Crippen molar-refractivity contribution >= 4 is 0 Å². The molecule has 21 heavy (non-hydrogen) atoms. The second-order valence-electron chi connectivity index (χ2n) is 6.58. The quantitative estimate of drug-likeness (QED) is 0.755. The van der Waals surface area contributed by atoms with E-state index < -0.39 is 0 Å². The minimum Gasteiger partial charge on any atom is -0.497 e. The molecule has 1 rings (SSSR count). The van der Waals surface area contributed by atoms with Crippen LogP contribution < -0.4 is 4.74 Å². The average molecular weight is 293 g/mol. The van der Waals surface area contributed by atoms with Crippen LogP contribution in [0, 0.1) is 11.8 Å². The topological polar surface area (TPSA) is 32.7 Å². The highest BCUT2D eigenvalue weighted by Gasteiger charge is 2.15. The fourth-order valence-corrected chi connectivity index (χ4v) is 2.18. The van der Waals surface area contributed by atoms with E-state index in [4.69, 9.17) is 4.74 Å². The van der Waals surface area contributed by atoms with Gasteiger partial charge in [-0.3, -0.25) is 4.90 Å². The highest BCUT2D eigenvalue weighted by Crippen LogP contribution is 2.16. The van der Waals surface area contributed by atoms with Gasteiger partial charge in [0, 0.05) is 13.1 Å². The first-order chi connectivity index (χ1) is 9.92. The Labute approximate surface area is 129 Å². The number of aliphatic hydroxyl groups excluding tert-OH is 1. The van der Waals surface area contributed by atoms with E-state index >= 15 is 0 Å². The molecule has 3 heteroatoms. The van der Waals surface area contributed by atoms with Gasteiger partial charge in [-0.1, -0.05) is 39.8 Å². The number of hydrogen-bond acceptors (Lipinski definition) is 3. The van der Waals surface area contributed by atoms with Gasteiger partial charge in [0.15, 0.2) is 0 Å². The Morgan fingerprint density at radius 2 is 1.90 bits per heavy atom. The van der Waals surface area contributed by atoms with Crippen LogP contribution in [-0.2, 0) is 6.54 Å². The number of hydrogen-bond donors (Lipinski definition) is 1. The molecule has 0 amide bonds. The Hall–Kier alpha value is -1.06. The van der Waals surface area contributed by atoms with Gasteiger partial charge in [-0.25, -0.2) is 0 Å². The zero-order valence-electron chi connectivity index (χ0n) is 14.2. The predicted molar refractivity (Wildman–Crippen MR) is 88.6 cm³/mol. The molecule has 0 fully saturated rings. The summed E-state index contributed by atoms with van der Waals surface area (Å²) in [7, 11) is 1.69. The van der Waals surface area contributed by atoms with Crippen molar-refractivity contribution in [2.45, 2.75) is 46.8 Å². The maximum atomic E-state index is 10.2. The van der Waals surface area contributed by atoms with Gasteiger partial charge in [0.05, 0.1) is 13.2 Å². The molecule has 0 spiro atoms. The fourth-order valence-electron chi connectivity index (χ4n) is 2.18. The molecule has 0 aliphatic rings. The van der Waals surface area contributed by atoms with Crippen LogP contribution in [0.3, 0.4) is 0 Å². The van der Waals surface area contributed by atoms with Gasteiger partial charge in [-0.05, 0) is 42.5 Å². The summed E-state index contributed by atoms with van der Waals surface area (Å²) in [6.45, 7) is 11.2. The molecule has 0 saturated carbocycles. The Balaban J connectivity index is 2.70. The van der Waals surface area contributed by atoms with Crippen LogP contribution in [0.1, 0.15) is 39.7 Å². The number of methoxy groups -OCH3 is 1. The summed E-state index contributed by atoms with van der Waals surface area (Å²) in [5, 5.41) is 10.2. The SMILES string of the molecule is COc1cccc(CN(CCC(C)C)C[C@H](O)C(C)C)c1. The van der Waals surface area contributed by atoms with Crippen molar-refractivity contribution in [3.8, 4) is 5.75 Å². The summed E-state index contributed by atoms with van der Waals surface area (Å²) < 4.78 is 5.29. The van der Waals surface area contributed by atoms with E-state index in [2.05, 4.69) is 44.7 Å². The van der Waals surface area contributed by atoms with Crippen LogP contribution in [0.25, 0.3) is 0 Å². The molecule has 1 atom stereocenters. The molecule has 0 saturated heterocycles. The monoisotopic (exact) mass is 293 g/mol. The van der Waals surface area contributed by atoms with Gasteiger partial charge >= 0.3 is 0 Å². The molecule has 3 nitrogen and oxygen atoms in total. The highest BCUT2D eigenvalue weighted by molar-refractivity contribution is 5.28. The van der Waals surface area contributed by atoms with Crippen molar-refractivity contribution in [3.63, 3.8) is 0 Å². The Morgan fingerprint density at radius 1 is 1.19 bits per heavy atom. The molecular formula is C18H31NO2. The van der Waals surface area contributed by atoms with Crippen LogP contribution in [-0.4, -0.2) is 36.3 Å². The molecule has 1 aromatic carbocycles. The normalized spacial score (nSPS) is 13.2. The standard InChI is InChI=1S/C18H31NO2/c1-14(2)9-10-19(13-18(20)15(3)4)12-16-7-6-8-17(11-16)21-5/h6-8,11,14-15,18,20H,9-10,12-13H2,1-5H3/t18-/m0/s1. The summed E-state index contributed by atoms with van der Waals surface area (Å²) in [6, 6.07) is 8.18. The largest absolute Gasteiger partial charge is 0.497 e. The lowest BCUT2D eigenvalue weighted by Gasteiger charge is -2.27. The Kier molecular flexibility index (Phi) is 7.76. The summed E-state index contributed by atoms with van der Waals surface area (Å²) in [4.78, 5) is 2.35. The van der Waals surface area contributed by atoms with E-state index in [1.807, 2.05) is 12.1 Å². The molecule has 120 valence electrons. The number of aliphatic hydroxyl groups is 1. The molecule has 0 aliphatic carbocycles. The molecule has 1 N–H and O–H groups in total. The van der Waals surface area contributed by atoms with Crippen LogP contribution in [0.15, 0.2) is 24.3 Å². The number of rotatable bonds is 9. The molecule has 0 aromatic heterocycles. The first-order valence-corrected chi connectivity index (χ1v) is 7.95. The average Bonchev–Trinajstić information content (AvgIpc) is 2.44. The molecule has 0 heterocycles. The number of ether oxygens (including phenoxy) is 1. The van der Waals surface area contributed by atoms with Gasteiger partial charge in [-0.15, -0.1) is 0 Å². The first kappa shape index (κ1) is 18.0. The smallest absolute Gasteiger partial charge is 0.119 e. The van der Waals surface area contributed by atoms with E-state index in [-0.39, 0.29) is 12.0 Å². The van der Waals surface area contributed by atoms with Gasteiger partial charge in [0.1, 0.15) is 5.75 Å². The van der Waals surface area contributed by atoms with Gasteiger partial charge in [-0.2, -0.15) is 0 Å². The molecule has 0 aliphatic heterocycles. The van der Waals surface area contributed by atoms with Crippen LogP contribution in [0.2, 0.25) is 0 Å². The summed E-state index contributed by atoms with van der Waals surface area (Å²) >= 11 is 0. The number of benzene rings is 1. The second-order valence-corrected chi connectivity index (χ2v) is 6.58. The minimum absolute atomic E-state index is 0.275. The van der Waals surface area contributed by atoms with E-state index in [0.717, 1.165) is 31.8 Å². The highest BCUT2D eigenvalue weighted by atomic mass is 16.5. The van der Waals surface area contributed by atoms with E-state index in [0.29, 0.717) is 5.92 Å². The molecule has 0 bridgehead atoms. The maximum absolute atomic E-state index is 10.2. The predicted octanol–water partition coefficient (Wildman–Crippen LogP) is 3.56. The minimum atomic E-state index is -0.275. The van der Waals surface area contributed by atoms with Crippen molar-refractivity contribution in [1.82, 2.24) is 4.90 Å². The third-order valence-corrected chi connectivity index (χ3v) is 3.78. The van der Waals surface area contributed by atoms with Crippen LogP contribution in [0.5, 0.6) is 5.75 Å². The van der Waals surface area contributed by atoms with Crippen LogP contribution >= 0.6 is 0 Å². The summed E-state index contributed by atoms with van der Waals surface area (Å²) in [6.07, 6.45) is 0.872. The second kappa shape index (κ2) is 9.06. The maximum Gasteiger partial charge on any atom is 0.119 e.